The summed E-state index contributed by atoms with van der Waals surface area (Å²) in [6.45, 7) is 12.6. The molecule has 0 spiro atoms. The van der Waals surface area contributed by atoms with Crippen LogP contribution >= 0.6 is 0 Å². The van der Waals surface area contributed by atoms with Gasteiger partial charge in [0.2, 0.25) is 0 Å². The van der Waals surface area contributed by atoms with Crippen LogP contribution in [0.2, 0.25) is 0 Å². The Bertz CT molecular complexity index is 393. The first-order valence-electron chi connectivity index (χ1n) is 13.2. The van der Waals surface area contributed by atoms with Gasteiger partial charge in [-0.2, -0.15) is 0 Å². The summed E-state index contributed by atoms with van der Waals surface area (Å²) in [6.07, 6.45) is 28.2. The van der Waals surface area contributed by atoms with E-state index in [9.17, 15) is 0 Å². The molecule has 0 aliphatic carbocycles. The Morgan fingerprint density at radius 1 is 0.500 bits per heavy atom. The summed E-state index contributed by atoms with van der Waals surface area (Å²) < 4.78 is 39.9. The molecular formula is C26H54Na2O5S. The molecule has 0 aliphatic heterocycles. The summed E-state index contributed by atoms with van der Waals surface area (Å²) in [6, 6.07) is 0. The van der Waals surface area contributed by atoms with Crippen LogP contribution in [0.3, 0.4) is 0 Å². The predicted octanol–water partition coefficient (Wildman–Crippen LogP) is 2.32. The summed E-state index contributed by atoms with van der Waals surface area (Å²) in [5, 5.41) is 0. The minimum Gasteiger partial charge on any atom is -0.759 e. The number of unbranched alkanes of at least 4 members (excludes halogenated alkanes) is 18. The summed E-state index contributed by atoms with van der Waals surface area (Å²) in [5.74, 6) is 0. The quantitative estimate of drug-likeness (QED) is 0.0713. The minimum atomic E-state index is -5.17. The van der Waals surface area contributed by atoms with Crippen LogP contribution in [0.5, 0.6) is 0 Å². The van der Waals surface area contributed by atoms with E-state index in [1.54, 1.807) is 0 Å². The van der Waals surface area contributed by atoms with Gasteiger partial charge in [-0.25, -0.2) is 0 Å². The second-order valence-electron chi connectivity index (χ2n) is 8.38. The maximum atomic E-state index is 8.52. The first-order valence-corrected chi connectivity index (χ1v) is 14.5. The molecule has 5 nitrogen and oxygen atoms in total. The molecule has 0 rings (SSSR count). The van der Waals surface area contributed by atoms with Gasteiger partial charge in [-0.1, -0.05) is 129 Å². The molecule has 34 heavy (non-hydrogen) atoms. The van der Waals surface area contributed by atoms with Gasteiger partial charge in [0, 0.05) is 23.6 Å². The zero-order valence-corrected chi connectivity index (χ0v) is 28.2. The van der Waals surface area contributed by atoms with Crippen molar-refractivity contribution in [1.29, 1.82) is 0 Å². The zero-order chi connectivity index (χ0) is 24.8. The SMILES string of the molecule is C=C.CCCCCCCCCCCCOCCCCCCCCCCCC.O=S(=O)([O-])[O-].[Na+].[Na+]. The summed E-state index contributed by atoms with van der Waals surface area (Å²) in [7, 11) is -5.17. The second-order valence-corrected chi connectivity index (χ2v) is 9.20. The maximum absolute atomic E-state index is 8.52. The second kappa shape index (κ2) is 41.7. The number of hydrogen-bond acceptors (Lipinski definition) is 5. The first kappa shape index (κ1) is 45.5. The van der Waals surface area contributed by atoms with Crippen molar-refractivity contribution >= 4 is 10.4 Å². The minimum absolute atomic E-state index is 0. The molecule has 0 heterocycles. The smallest absolute Gasteiger partial charge is 0.759 e. The van der Waals surface area contributed by atoms with E-state index in [1.165, 1.54) is 128 Å². The van der Waals surface area contributed by atoms with Crippen LogP contribution in [0.15, 0.2) is 13.2 Å². The van der Waals surface area contributed by atoms with Gasteiger partial charge in [0.15, 0.2) is 0 Å². The van der Waals surface area contributed by atoms with E-state index in [2.05, 4.69) is 27.0 Å². The molecule has 0 amide bonds. The van der Waals surface area contributed by atoms with E-state index >= 15 is 0 Å². The van der Waals surface area contributed by atoms with Gasteiger partial charge in [0.25, 0.3) is 0 Å². The van der Waals surface area contributed by atoms with Crippen molar-refractivity contribution in [1.82, 2.24) is 0 Å². The molecule has 0 unspecified atom stereocenters. The Morgan fingerprint density at radius 2 is 0.676 bits per heavy atom. The van der Waals surface area contributed by atoms with Crippen LogP contribution in [-0.2, 0) is 15.1 Å². The Kier molecular flexibility index (Phi) is 55.8. The van der Waals surface area contributed by atoms with Crippen LogP contribution in [0, 0.1) is 0 Å². The zero-order valence-electron chi connectivity index (χ0n) is 23.4. The molecule has 196 valence electrons. The Hall–Kier alpha value is 1.57. The summed E-state index contributed by atoms with van der Waals surface area (Å²) >= 11 is 0. The molecule has 0 bridgehead atoms. The van der Waals surface area contributed by atoms with Gasteiger partial charge in [0.05, 0.1) is 0 Å². The molecule has 0 N–H and O–H groups in total. The fourth-order valence-corrected chi connectivity index (χ4v) is 3.49. The molecule has 0 saturated carbocycles. The predicted molar refractivity (Wildman–Crippen MR) is 136 cm³/mol. The van der Waals surface area contributed by atoms with Gasteiger partial charge in [-0.3, -0.25) is 8.42 Å². The maximum Gasteiger partial charge on any atom is 1.00 e. The van der Waals surface area contributed by atoms with E-state index in [1.807, 2.05) is 0 Å². The fraction of sp³-hybridized carbons (Fsp3) is 0.923. The fourth-order valence-electron chi connectivity index (χ4n) is 3.49. The van der Waals surface area contributed by atoms with Gasteiger partial charge in [-0.05, 0) is 12.8 Å². The van der Waals surface area contributed by atoms with Crippen molar-refractivity contribution in [3.05, 3.63) is 13.2 Å². The average Bonchev–Trinajstić information content (AvgIpc) is 2.75. The molecule has 0 radical (unpaired) electrons. The molecule has 0 saturated heterocycles. The third kappa shape index (κ3) is 64.1. The van der Waals surface area contributed by atoms with E-state index in [4.69, 9.17) is 22.3 Å². The van der Waals surface area contributed by atoms with Gasteiger partial charge < -0.3 is 13.8 Å². The van der Waals surface area contributed by atoms with Crippen LogP contribution in [-0.4, -0.2) is 30.7 Å². The van der Waals surface area contributed by atoms with Gasteiger partial charge in [0.1, 0.15) is 0 Å². The average molecular weight is 525 g/mol. The van der Waals surface area contributed by atoms with Crippen molar-refractivity contribution in [2.45, 2.75) is 142 Å². The standard InChI is InChI=1S/C24H50O.C2H4.2Na.H2O4S/c1-3-5-7-9-11-13-15-17-19-21-23-25-24-22-20-18-16-14-12-10-8-6-4-2;1-2;;;1-5(2,3)4/h3-24H2,1-2H3;1-2H2;;;(H2,1,2,3,4)/q;;2*+1;/p-2. The molecule has 0 atom stereocenters. The molecule has 0 aromatic carbocycles. The first-order chi connectivity index (χ1) is 15.4. The van der Waals surface area contributed by atoms with E-state index in [-0.39, 0.29) is 59.1 Å². The molecule has 0 aliphatic rings. The number of rotatable bonds is 22. The normalized spacial score (nSPS) is 10.1. The van der Waals surface area contributed by atoms with Crippen molar-refractivity contribution in [2.24, 2.45) is 0 Å². The van der Waals surface area contributed by atoms with Crippen LogP contribution < -0.4 is 59.1 Å². The Morgan fingerprint density at radius 3 is 0.882 bits per heavy atom. The topological polar surface area (TPSA) is 89.5 Å². The largest absolute Gasteiger partial charge is 1.00 e. The monoisotopic (exact) mass is 524 g/mol. The molecule has 8 heteroatoms. The molecule has 0 aromatic rings. The third-order valence-corrected chi connectivity index (χ3v) is 5.28. The van der Waals surface area contributed by atoms with Crippen molar-refractivity contribution in [2.75, 3.05) is 13.2 Å². The van der Waals surface area contributed by atoms with Crippen molar-refractivity contribution in [3.8, 4) is 0 Å². The summed E-state index contributed by atoms with van der Waals surface area (Å²) in [4.78, 5) is 0. The van der Waals surface area contributed by atoms with Gasteiger partial charge >= 0.3 is 59.1 Å². The molecule has 0 aromatic heterocycles. The number of ether oxygens (including phenoxy) is 1. The summed E-state index contributed by atoms with van der Waals surface area (Å²) in [5.41, 5.74) is 0. The van der Waals surface area contributed by atoms with Crippen LogP contribution in [0.4, 0.5) is 0 Å². The van der Waals surface area contributed by atoms with E-state index in [0.29, 0.717) is 0 Å². The molecular weight excluding hydrogens is 470 g/mol. The van der Waals surface area contributed by atoms with E-state index < -0.39 is 10.4 Å². The van der Waals surface area contributed by atoms with Crippen LogP contribution in [0.1, 0.15) is 142 Å². The van der Waals surface area contributed by atoms with Crippen LogP contribution in [0.25, 0.3) is 0 Å². The third-order valence-electron chi connectivity index (χ3n) is 5.28. The van der Waals surface area contributed by atoms with Crippen molar-refractivity contribution in [3.63, 3.8) is 0 Å². The van der Waals surface area contributed by atoms with E-state index in [0.717, 1.165) is 13.2 Å². The number of hydrogen-bond donors (Lipinski definition) is 0. The molecule has 0 fully saturated rings. The Balaban J connectivity index is -0.000000274. The Labute approximate surface area is 258 Å². The van der Waals surface area contributed by atoms with Gasteiger partial charge in [-0.15, -0.1) is 13.2 Å². The van der Waals surface area contributed by atoms with Crippen molar-refractivity contribution < 1.29 is 81.4 Å².